The molecule has 1 atom stereocenters. The molecule has 0 amide bonds. The van der Waals surface area contributed by atoms with Crippen LogP contribution >= 0.6 is 0 Å². The lowest BCUT2D eigenvalue weighted by atomic mass is 10.0. The van der Waals surface area contributed by atoms with Crippen molar-refractivity contribution < 1.29 is 28.6 Å². The molecule has 5 nitrogen and oxygen atoms in total. The van der Waals surface area contributed by atoms with Crippen LogP contribution in [0, 0.1) is 11.6 Å². The number of halogens is 2. The highest BCUT2D eigenvalue weighted by Gasteiger charge is 2.19. The van der Waals surface area contributed by atoms with Crippen molar-refractivity contribution in [2.24, 2.45) is 0 Å². The second-order valence-corrected chi connectivity index (χ2v) is 3.93. The third-order valence-corrected chi connectivity index (χ3v) is 2.58. The summed E-state index contributed by atoms with van der Waals surface area (Å²) in [6.45, 7) is 0.890. The summed E-state index contributed by atoms with van der Waals surface area (Å²) in [5.41, 5.74) is 0.456. The van der Waals surface area contributed by atoms with Crippen LogP contribution in [-0.4, -0.2) is 28.7 Å². The Morgan fingerprint density at radius 2 is 1.84 bits per heavy atom. The number of benzene rings is 1. The molecule has 0 aliphatic carbocycles. The summed E-state index contributed by atoms with van der Waals surface area (Å²) in [7, 11) is 0. The third-order valence-electron chi connectivity index (χ3n) is 2.58. The number of hydrogen-bond acceptors (Lipinski definition) is 3. The van der Waals surface area contributed by atoms with E-state index in [1.165, 1.54) is 12.1 Å². The molecule has 0 saturated carbocycles. The monoisotopic (exact) mass is 273 g/mol. The summed E-state index contributed by atoms with van der Waals surface area (Å²) in [5.74, 6) is -4.34. The number of carbonyl (C=O) groups is 2. The van der Waals surface area contributed by atoms with Crippen LogP contribution in [0.4, 0.5) is 8.78 Å². The number of nitrogens with one attached hydrogen (secondary N) is 1. The van der Waals surface area contributed by atoms with Gasteiger partial charge >= 0.3 is 11.9 Å². The summed E-state index contributed by atoms with van der Waals surface area (Å²) in [5, 5.41) is 17.9. The Morgan fingerprint density at radius 1 is 1.21 bits per heavy atom. The van der Waals surface area contributed by atoms with E-state index in [2.05, 4.69) is 5.32 Å². The standard InChI is InChI=1S/C10H11F2N.C2H2O4/c11-7-3-4-9(12)8(6-7)10-2-1-5-13-10;3-1(4)2(5)6/h3-4,6,10,13H,1-2,5H2;(H,3,4)(H,5,6)/t10-;/m1./s1. The number of carboxylic acid groups (broad SMARTS) is 2. The minimum Gasteiger partial charge on any atom is -0.473 e. The molecule has 1 aromatic rings. The molecule has 104 valence electrons. The summed E-state index contributed by atoms with van der Waals surface area (Å²) >= 11 is 0. The number of aliphatic carboxylic acids is 2. The van der Waals surface area contributed by atoms with Crippen molar-refractivity contribution in [3.8, 4) is 0 Å². The van der Waals surface area contributed by atoms with Crippen molar-refractivity contribution in [1.29, 1.82) is 0 Å². The van der Waals surface area contributed by atoms with Crippen LogP contribution in [0.25, 0.3) is 0 Å². The lowest BCUT2D eigenvalue weighted by Gasteiger charge is -2.11. The van der Waals surface area contributed by atoms with Gasteiger partial charge in [0.05, 0.1) is 0 Å². The lowest BCUT2D eigenvalue weighted by Crippen LogP contribution is -2.14. The zero-order chi connectivity index (χ0) is 14.4. The summed E-state index contributed by atoms with van der Waals surface area (Å²) in [6.07, 6.45) is 1.92. The molecule has 3 N–H and O–H groups in total. The molecular formula is C12H13F2NO4. The predicted molar refractivity (Wildman–Crippen MR) is 61.6 cm³/mol. The van der Waals surface area contributed by atoms with Gasteiger partial charge in [-0.05, 0) is 37.6 Å². The number of rotatable bonds is 1. The van der Waals surface area contributed by atoms with E-state index in [0.717, 1.165) is 25.5 Å². The molecule has 1 aliphatic rings. The highest BCUT2D eigenvalue weighted by Crippen LogP contribution is 2.25. The van der Waals surface area contributed by atoms with Gasteiger partial charge in [-0.15, -0.1) is 0 Å². The van der Waals surface area contributed by atoms with Crippen molar-refractivity contribution in [3.63, 3.8) is 0 Å². The molecule has 1 aromatic carbocycles. The number of carboxylic acids is 2. The largest absolute Gasteiger partial charge is 0.473 e. The molecule has 19 heavy (non-hydrogen) atoms. The van der Waals surface area contributed by atoms with E-state index < -0.39 is 11.9 Å². The molecule has 0 unspecified atom stereocenters. The molecular weight excluding hydrogens is 260 g/mol. The Balaban J connectivity index is 0.000000258. The van der Waals surface area contributed by atoms with Crippen molar-refractivity contribution in [2.45, 2.75) is 18.9 Å². The van der Waals surface area contributed by atoms with Crippen LogP contribution in [-0.2, 0) is 9.59 Å². The Hall–Kier alpha value is -2.02. The van der Waals surface area contributed by atoms with Crippen molar-refractivity contribution in [2.75, 3.05) is 6.54 Å². The zero-order valence-electron chi connectivity index (χ0n) is 9.90. The third kappa shape index (κ3) is 4.63. The first-order valence-electron chi connectivity index (χ1n) is 5.56. The molecule has 0 radical (unpaired) electrons. The fourth-order valence-corrected chi connectivity index (χ4v) is 1.73. The van der Waals surface area contributed by atoms with E-state index in [4.69, 9.17) is 19.8 Å². The minimum absolute atomic E-state index is 0.00398. The van der Waals surface area contributed by atoms with Crippen LogP contribution in [0.5, 0.6) is 0 Å². The molecule has 2 rings (SSSR count). The van der Waals surface area contributed by atoms with E-state index in [-0.39, 0.29) is 17.7 Å². The van der Waals surface area contributed by atoms with Crippen LogP contribution in [0.1, 0.15) is 24.4 Å². The van der Waals surface area contributed by atoms with E-state index >= 15 is 0 Å². The van der Waals surface area contributed by atoms with Crippen LogP contribution in [0.3, 0.4) is 0 Å². The van der Waals surface area contributed by atoms with Gasteiger partial charge in [-0.3, -0.25) is 0 Å². The summed E-state index contributed by atoms with van der Waals surface area (Å²) in [4.78, 5) is 18.2. The van der Waals surface area contributed by atoms with E-state index in [0.29, 0.717) is 5.56 Å². The Labute approximate surface area is 107 Å². The average molecular weight is 273 g/mol. The SMILES string of the molecule is Fc1ccc(F)c([C@H]2CCCN2)c1.O=C(O)C(=O)O. The van der Waals surface area contributed by atoms with Crippen LogP contribution in [0.15, 0.2) is 18.2 Å². The van der Waals surface area contributed by atoms with Crippen molar-refractivity contribution in [1.82, 2.24) is 5.32 Å². The van der Waals surface area contributed by atoms with Gasteiger partial charge in [-0.25, -0.2) is 18.4 Å². The zero-order valence-corrected chi connectivity index (χ0v) is 9.90. The van der Waals surface area contributed by atoms with E-state index in [1.807, 2.05) is 0 Å². The predicted octanol–water partition coefficient (Wildman–Crippen LogP) is 1.54. The molecule has 1 heterocycles. The lowest BCUT2D eigenvalue weighted by molar-refractivity contribution is -0.159. The second-order valence-electron chi connectivity index (χ2n) is 3.93. The van der Waals surface area contributed by atoms with Gasteiger partial charge in [0.25, 0.3) is 0 Å². The normalized spacial score (nSPS) is 17.5. The van der Waals surface area contributed by atoms with Gasteiger partial charge in [0.15, 0.2) is 0 Å². The van der Waals surface area contributed by atoms with Crippen molar-refractivity contribution >= 4 is 11.9 Å². The van der Waals surface area contributed by atoms with Gasteiger partial charge in [0.1, 0.15) is 11.6 Å². The molecule has 0 bridgehead atoms. The fraction of sp³-hybridized carbons (Fsp3) is 0.333. The van der Waals surface area contributed by atoms with Gasteiger partial charge in [0.2, 0.25) is 0 Å². The van der Waals surface area contributed by atoms with Gasteiger partial charge in [-0.1, -0.05) is 0 Å². The molecule has 0 aromatic heterocycles. The molecule has 1 aliphatic heterocycles. The molecule has 0 spiro atoms. The Morgan fingerprint density at radius 3 is 2.32 bits per heavy atom. The molecule has 1 saturated heterocycles. The highest BCUT2D eigenvalue weighted by atomic mass is 19.1. The molecule has 7 heteroatoms. The van der Waals surface area contributed by atoms with Gasteiger partial charge in [-0.2, -0.15) is 0 Å². The topological polar surface area (TPSA) is 86.6 Å². The molecule has 1 fully saturated rings. The maximum atomic E-state index is 13.2. The first-order chi connectivity index (χ1) is 8.91. The van der Waals surface area contributed by atoms with Gasteiger partial charge < -0.3 is 15.5 Å². The first kappa shape index (κ1) is 15.0. The maximum absolute atomic E-state index is 13.2. The summed E-state index contributed by atoms with van der Waals surface area (Å²) < 4.78 is 26.0. The van der Waals surface area contributed by atoms with Crippen LogP contribution in [0.2, 0.25) is 0 Å². The maximum Gasteiger partial charge on any atom is 0.414 e. The Kier molecular flexibility index (Phi) is 5.37. The van der Waals surface area contributed by atoms with Crippen molar-refractivity contribution in [3.05, 3.63) is 35.4 Å². The first-order valence-corrected chi connectivity index (χ1v) is 5.56. The van der Waals surface area contributed by atoms with E-state index in [9.17, 15) is 8.78 Å². The average Bonchev–Trinajstić information content (AvgIpc) is 2.86. The van der Waals surface area contributed by atoms with Crippen LogP contribution < -0.4 is 5.32 Å². The summed E-state index contributed by atoms with van der Waals surface area (Å²) in [6, 6.07) is 3.60. The fourth-order valence-electron chi connectivity index (χ4n) is 1.73. The minimum atomic E-state index is -1.82. The second kappa shape index (κ2) is 6.79. The van der Waals surface area contributed by atoms with E-state index in [1.54, 1.807) is 0 Å². The van der Waals surface area contributed by atoms with Gasteiger partial charge in [0, 0.05) is 11.6 Å². The Bertz CT molecular complexity index is 461. The highest BCUT2D eigenvalue weighted by molar-refractivity contribution is 6.27. The number of hydrogen-bond donors (Lipinski definition) is 3. The smallest absolute Gasteiger partial charge is 0.414 e. The quantitative estimate of drug-likeness (QED) is 0.676.